The lowest BCUT2D eigenvalue weighted by Crippen LogP contribution is -2.60. The molecule has 0 saturated carbocycles. The average Bonchev–Trinajstić information content (AvgIpc) is 2.90. The van der Waals surface area contributed by atoms with Crippen LogP contribution in [0.5, 0.6) is 0 Å². The number of ether oxygens (including phenoxy) is 2. The summed E-state index contributed by atoms with van der Waals surface area (Å²) in [5.41, 5.74) is 2.91. The van der Waals surface area contributed by atoms with Crippen LogP contribution in [0.15, 0.2) is 48.5 Å². The smallest absolute Gasteiger partial charge is 0.157 e. The summed E-state index contributed by atoms with van der Waals surface area (Å²) in [5, 5.41) is 84.6. The fourth-order valence-corrected chi connectivity index (χ4v) is 4.29. The third-order valence-corrected chi connectivity index (χ3v) is 6.51. The van der Waals surface area contributed by atoms with Crippen molar-refractivity contribution in [3.63, 3.8) is 0 Å². The molecule has 12 nitrogen and oxygen atoms in total. The number of aliphatic hydroxyl groups is 8. The first-order chi connectivity index (χ1) is 17.2. The summed E-state index contributed by atoms with van der Waals surface area (Å²) in [7, 11) is 0. The van der Waals surface area contributed by atoms with Crippen LogP contribution in [-0.4, -0.2) is 115 Å². The minimum atomic E-state index is -1.47. The molecule has 0 amide bonds. The van der Waals surface area contributed by atoms with Gasteiger partial charge in [-0.05, 0) is 35.4 Å². The van der Waals surface area contributed by atoms with E-state index in [9.17, 15) is 40.9 Å². The van der Waals surface area contributed by atoms with Gasteiger partial charge >= 0.3 is 0 Å². The highest BCUT2D eigenvalue weighted by Gasteiger charge is 2.44. The lowest BCUT2D eigenvalue weighted by atomic mass is 9.98. The van der Waals surface area contributed by atoms with Gasteiger partial charge in [0.25, 0.3) is 0 Å². The van der Waals surface area contributed by atoms with Crippen molar-refractivity contribution in [2.45, 2.75) is 61.3 Å². The quantitative estimate of drug-likeness (QED) is 0.193. The highest BCUT2D eigenvalue weighted by atomic mass is 16.6. The molecule has 36 heavy (non-hydrogen) atoms. The van der Waals surface area contributed by atoms with Crippen molar-refractivity contribution in [1.29, 1.82) is 0 Å². The summed E-state index contributed by atoms with van der Waals surface area (Å²) in [5.74, 6) is 0. The molecule has 0 aliphatic carbocycles. The summed E-state index contributed by atoms with van der Waals surface area (Å²) in [6.45, 7) is -1.02. The maximum absolute atomic E-state index is 10.2. The molecule has 10 N–H and O–H groups in total. The highest BCUT2D eigenvalue weighted by Crippen LogP contribution is 2.28. The van der Waals surface area contributed by atoms with Crippen LogP contribution in [0.2, 0.25) is 0 Å². The molecule has 0 spiro atoms. The highest BCUT2D eigenvalue weighted by molar-refractivity contribution is 5.68. The van der Waals surface area contributed by atoms with Gasteiger partial charge in [-0.15, -0.1) is 0 Å². The van der Waals surface area contributed by atoms with Gasteiger partial charge in [0.1, 0.15) is 48.8 Å². The molecule has 198 valence electrons. The van der Waals surface area contributed by atoms with Crippen molar-refractivity contribution >= 4 is 11.4 Å². The summed E-state index contributed by atoms with van der Waals surface area (Å²) >= 11 is 0. The number of benzene rings is 2. The molecule has 0 aromatic heterocycles. The fraction of sp³-hybridized carbons (Fsp3) is 0.500. The maximum Gasteiger partial charge on any atom is 0.157 e. The average molecular weight is 509 g/mol. The van der Waals surface area contributed by atoms with E-state index < -0.39 is 74.5 Å². The first-order valence-corrected chi connectivity index (χ1v) is 11.6. The third-order valence-electron chi connectivity index (χ3n) is 6.51. The number of rotatable bonds is 7. The molecule has 2 saturated heterocycles. The lowest BCUT2D eigenvalue weighted by molar-refractivity contribution is -0.221. The van der Waals surface area contributed by atoms with E-state index in [4.69, 9.17) is 9.47 Å². The van der Waals surface area contributed by atoms with Gasteiger partial charge in [0, 0.05) is 11.4 Å². The van der Waals surface area contributed by atoms with E-state index in [1.54, 1.807) is 24.3 Å². The second kappa shape index (κ2) is 11.4. The van der Waals surface area contributed by atoms with Crippen molar-refractivity contribution in [3.05, 3.63) is 48.5 Å². The normalized spacial score (nSPS) is 36.9. The molecule has 2 aliphatic rings. The number of aliphatic hydroxyl groups excluding tert-OH is 8. The molecular weight excluding hydrogens is 476 g/mol. The van der Waals surface area contributed by atoms with Crippen molar-refractivity contribution in [2.75, 3.05) is 23.8 Å². The number of anilines is 2. The van der Waals surface area contributed by atoms with Gasteiger partial charge in [-0.25, -0.2) is 0 Å². The molecule has 2 heterocycles. The third kappa shape index (κ3) is 5.48. The summed E-state index contributed by atoms with van der Waals surface area (Å²) < 4.78 is 10.9. The van der Waals surface area contributed by atoms with Crippen LogP contribution in [0.4, 0.5) is 11.4 Å². The zero-order chi connectivity index (χ0) is 26.0. The van der Waals surface area contributed by atoms with E-state index >= 15 is 0 Å². The predicted molar refractivity (Wildman–Crippen MR) is 127 cm³/mol. The molecule has 0 radical (unpaired) electrons. The van der Waals surface area contributed by atoms with Gasteiger partial charge in [0.15, 0.2) is 12.5 Å². The predicted octanol–water partition coefficient (Wildman–Crippen LogP) is -2.22. The Morgan fingerprint density at radius 1 is 0.500 bits per heavy atom. The van der Waals surface area contributed by atoms with E-state index in [-0.39, 0.29) is 0 Å². The van der Waals surface area contributed by atoms with Crippen LogP contribution in [0.25, 0.3) is 11.1 Å². The SMILES string of the molecule is OC[C@H]1O[C@@H](Nc2ccc(-c3ccc(N[C@H]4O[C@H](CO)[C@@H](O)[C@H](O)[C@@H]4O)cc3)cc2)[C@@H](O)[C@@H](O)[C@@H]1O. The van der Waals surface area contributed by atoms with Gasteiger partial charge in [0.2, 0.25) is 0 Å². The van der Waals surface area contributed by atoms with E-state index in [2.05, 4.69) is 10.6 Å². The van der Waals surface area contributed by atoms with Crippen molar-refractivity contribution in [2.24, 2.45) is 0 Å². The molecular formula is C24H32N2O10. The van der Waals surface area contributed by atoms with Crippen LogP contribution in [0.1, 0.15) is 0 Å². The number of hydrogen-bond donors (Lipinski definition) is 10. The van der Waals surface area contributed by atoms with E-state index in [1.165, 1.54) is 0 Å². The second-order valence-corrected chi connectivity index (χ2v) is 8.94. The minimum Gasteiger partial charge on any atom is -0.394 e. The Hall–Kier alpha value is -2.36. The van der Waals surface area contributed by atoms with Gasteiger partial charge in [0.05, 0.1) is 13.2 Å². The molecule has 2 fully saturated rings. The van der Waals surface area contributed by atoms with Crippen LogP contribution in [0.3, 0.4) is 0 Å². The Balaban J connectivity index is 1.38. The summed E-state index contributed by atoms with van der Waals surface area (Å²) in [6, 6.07) is 14.3. The van der Waals surface area contributed by atoms with E-state index in [1.807, 2.05) is 24.3 Å². The molecule has 4 rings (SSSR count). The molecule has 2 aromatic rings. The van der Waals surface area contributed by atoms with Crippen LogP contribution in [0, 0.1) is 0 Å². The largest absolute Gasteiger partial charge is 0.394 e. The fourth-order valence-electron chi connectivity index (χ4n) is 4.29. The van der Waals surface area contributed by atoms with Gasteiger partial charge in [-0.1, -0.05) is 24.3 Å². The number of hydrogen-bond acceptors (Lipinski definition) is 12. The van der Waals surface area contributed by atoms with Crippen molar-refractivity contribution < 1.29 is 50.3 Å². The first-order valence-electron chi connectivity index (χ1n) is 11.6. The molecule has 0 bridgehead atoms. The second-order valence-electron chi connectivity index (χ2n) is 8.94. The molecule has 2 aromatic carbocycles. The Labute approximate surface area is 207 Å². The lowest BCUT2D eigenvalue weighted by Gasteiger charge is -2.40. The molecule has 0 unspecified atom stereocenters. The molecule has 10 atom stereocenters. The zero-order valence-electron chi connectivity index (χ0n) is 19.2. The topological polar surface area (TPSA) is 204 Å². The van der Waals surface area contributed by atoms with Crippen molar-refractivity contribution in [1.82, 2.24) is 0 Å². The Morgan fingerprint density at radius 2 is 0.833 bits per heavy atom. The Bertz CT molecular complexity index is 894. The minimum absolute atomic E-state index is 0.511. The maximum atomic E-state index is 10.2. The number of nitrogens with one attached hydrogen (secondary N) is 2. The van der Waals surface area contributed by atoms with Crippen LogP contribution < -0.4 is 10.6 Å². The van der Waals surface area contributed by atoms with E-state index in [0.717, 1.165) is 11.1 Å². The Kier molecular flexibility index (Phi) is 8.42. The molecule has 2 aliphatic heterocycles. The van der Waals surface area contributed by atoms with Crippen LogP contribution in [-0.2, 0) is 9.47 Å². The monoisotopic (exact) mass is 508 g/mol. The molecule has 12 heteroatoms. The summed E-state index contributed by atoms with van der Waals surface area (Å²) in [6.07, 6.45) is -12.7. The van der Waals surface area contributed by atoms with Gasteiger partial charge < -0.3 is 61.0 Å². The van der Waals surface area contributed by atoms with Gasteiger partial charge in [-0.3, -0.25) is 0 Å². The zero-order valence-corrected chi connectivity index (χ0v) is 19.2. The van der Waals surface area contributed by atoms with Crippen molar-refractivity contribution in [3.8, 4) is 11.1 Å². The van der Waals surface area contributed by atoms with Gasteiger partial charge in [-0.2, -0.15) is 0 Å². The first kappa shape index (κ1) is 26.7. The summed E-state index contributed by atoms with van der Waals surface area (Å²) in [4.78, 5) is 0. The standard InChI is InChI=1S/C24H32N2O10/c27-9-15-17(29)19(31)21(33)23(35-15)25-13-5-1-11(2-6-13)12-3-7-14(8-4-12)26-24-22(34)20(32)18(30)16(10-28)36-24/h1-8,15-34H,9-10H2/t15-,16-,17-,18-,19+,20+,21+,22+,23-,24+/m1/s1. The Morgan fingerprint density at radius 3 is 1.14 bits per heavy atom. The van der Waals surface area contributed by atoms with Crippen LogP contribution >= 0.6 is 0 Å². The van der Waals surface area contributed by atoms with E-state index in [0.29, 0.717) is 11.4 Å².